The van der Waals surface area contributed by atoms with Crippen LogP contribution in [0.2, 0.25) is 0 Å². The Morgan fingerprint density at radius 1 is 1.48 bits per heavy atom. The zero-order chi connectivity index (χ0) is 17.5. The number of carbonyl (C=O) groups is 1. The Kier molecular flexibility index (Phi) is 8.81. The van der Waals surface area contributed by atoms with Crippen LogP contribution in [0.3, 0.4) is 0 Å². The van der Waals surface area contributed by atoms with E-state index in [1.54, 1.807) is 30.2 Å². The average molecular weight is 462 g/mol. The van der Waals surface area contributed by atoms with E-state index in [9.17, 15) is 9.90 Å². The van der Waals surface area contributed by atoms with Crippen LogP contribution < -0.4 is 15.4 Å². The molecule has 0 saturated carbocycles. The van der Waals surface area contributed by atoms with Crippen molar-refractivity contribution in [3.8, 4) is 11.5 Å². The molecule has 2 rings (SSSR count). The number of amides is 1. The fourth-order valence-electron chi connectivity index (χ4n) is 2.62. The van der Waals surface area contributed by atoms with Crippen molar-refractivity contribution in [1.29, 1.82) is 0 Å². The minimum atomic E-state index is 0. The monoisotopic (exact) mass is 462 g/mol. The van der Waals surface area contributed by atoms with Crippen LogP contribution >= 0.6 is 24.0 Å². The SMILES string of the molecule is CCNC(=NCc1cc(OC)ccc1O)NC1CCC(=O)N(C)C1.I. The number of aliphatic imine (C=N–C) groups is 1. The van der Waals surface area contributed by atoms with Crippen LogP contribution in [0.4, 0.5) is 0 Å². The quantitative estimate of drug-likeness (QED) is 0.353. The van der Waals surface area contributed by atoms with Gasteiger partial charge in [0.15, 0.2) is 5.96 Å². The number of likely N-dealkylation sites (tertiary alicyclic amines) is 1. The van der Waals surface area contributed by atoms with E-state index in [0.717, 1.165) is 13.0 Å². The van der Waals surface area contributed by atoms with Gasteiger partial charge in [0, 0.05) is 38.2 Å². The first-order valence-corrected chi connectivity index (χ1v) is 8.18. The summed E-state index contributed by atoms with van der Waals surface area (Å²) in [4.78, 5) is 17.8. The van der Waals surface area contributed by atoms with Gasteiger partial charge in [-0.15, -0.1) is 24.0 Å². The van der Waals surface area contributed by atoms with Crippen molar-refractivity contribution in [2.24, 2.45) is 4.99 Å². The van der Waals surface area contributed by atoms with Gasteiger partial charge in [-0.25, -0.2) is 4.99 Å². The van der Waals surface area contributed by atoms with Gasteiger partial charge in [-0.05, 0) is 31.5 Å². The largest absolute Gasteiger partial charge is 0.508 e. The Morgan fingerprint density at radius 3 is 2.88 bits per heavy atom. The number of nitrogens with one attached hydrogen (secondary N) is 2. The number of piperidine rings is 1. The van der Waals surface area contributed by atoms with E-state index in [-0.39, 0.29) is 41.7 Å². The molecule has 1 aliphatic rings. The molecule has 1 fully saturated rings. The van der Waals surface area contributed by atoms with Gasteiger partial charge in [-0.1, -0.05) is 0 Å². The highest BCUT2D eigenvalue weighted by atomic mass is 127. The molecule has 1 aromatic rings. The summed E-state index contributed by atoms with van der Waals surface area (Å²) in [7, 11) is 3.40. The Balaban J connectivity index is 0.00000312. The summed E-state index contributed by atoms with van der Waals surface area (Å²) in [6.07, 6.45) is 1.34. The lowest BCUT2D eigenvalue weighted by Gasteiger charge is -2.31. The maximum absolute atomic E-state index is 11.6. The molecule has 1 heterocycles. The number of hydrogen-bond donors (Lipinski definition) is 3. The number of methoxy groups -OCH3 is 1. The van der Waals surface area contributed by atoms with E-state index >= 15 is 0 Å². The van der Waals surface area contributed by atoms with Crippen molar-refractivity contribution in [1.82, 2.24) is 15.5 Å². The number of phenolic OH excluding ortho intramolecular Hbond substituents is 1. The summed E-state index contributed by atoms with van der Waals surface area (Å²) in [5, 5.41) is 16.5. The normalized spacial score (nSPS) is 17.7. The van der Waals surface area contributed by atoms with E-state index in [1.807, 2.05) is 14.0 Å². The van der Waals surface area contributed by atoms with Crippen molar-refractivity contribution in [2.75, 3.05) is 27.2 Å². The number of aromatic hydroxyl groups is 1. The maximum Gasteiger partial charge on any atom is 0.222 e. The maximum atomic E-state index is 11.6. The lowest BCUT2D eigenvalue weighted by molar-refractivity contribution is -0.132. The number of ether oxygens (including phenoxy) is 1. The number of phenols is 1. The zero-order valence-corrected chi connectivity index (χ0v) is 17.2. The second kappa shape index (κ2) is 10.3. The van der Waals surface area contributed by atoms with E-state index in [1.165, 1.54) is 0 Å². The number of guanidine groups is 1. The first kappa shape index (κ1) is 21.3. The Hall–Kier alpha value is -1.71. The van der Waals surface area contributed by atoms with E-state index in [4.69, 9.17) is 4.74 Å². The van der Waals surface area contributed by atoms with Gasteiger partial charge in [0.1, 0.15) is 11.5 Å². The van der Waals surface area contributed by atoms with Crippen LogP contribution in [0.5, 0.6) is 11.5 Å². The molecular weight excluding hydrogens is 435 g/mol. The first-order valence-electron chi connectivity index (χ1n) is 8.18. The summed E-state index contributed by atoms with van der Waals surface area (Å²) < 4.78 is 5.18. The molecule has 25 heavy (non-hydrogen) atoms. The highest BCUT2D eigenvalue weighted by Gasteiger charge is 2.23. The molecule has 1 aromatic carbocycles. The van der Waals surface area contributed by atoms with E-state index in [2.05, 4.69) is 15.6 Å². The summed E-state index contributed by atoms with van der Waals surface area (Å²) in [6, 6.07) is 5.26. The molecule has 1 amide bonds. The average Bonchev–Trinajstić information content (AvgIpc) is 2.57. The number of benzene rings is 1. The van der Waals surface area contributed by atoms with Crippen molar-refractivity contribution in [3.63, 3.8) is 0 Å². The van der Waals surface area contributed by atoms with Crippen molar-refractivity contribution in [3.05, 3.63) is 23.8 Å². The fourth-order valence-corrected chi connectivity index (χ4v) is 2.62. The highest BCUT2D eigenvalue weighted by molar-refractivity contribution is 14.0. The number of halogens is 1. The van der Waals surface area contributed by atoms with E-state index < -0.39 is 0 Å². The van der Waals surface area contributed by atoms with Gasteiger partial charge in [0.2, 0.25) is 5.91 Å². The smallest absolute Gasteiger partial charge is 0.222 e. The molecule has 0 bridgehead atoms. The number of carbonyl (C=O) groups excluding carboxylic acids is 1. The number of hydrogen-bond acceptors (Lipinski definition) is 4. The molecule has 7 nitrogen and oxygen atoms in total. The molecular formula is C17H27IN4O3. The standard InChI is InChI=1S/C17H26N4O3.HI/c1-4-18-17(20-13-5-8-16(23)21(2)11-13)19-10-12-9-14(24-3)6-7-15(12)22;/h6-7,9,13,22H,4-5,8,10-11H2,1-3H3,(H2,18,19,20);1H. The molecule has 8 heteroatoms. The first-order chi connectivity index (χ1) is 11.5. The molecule has 1 atom stereocenters. The third-order valence-electron chi connectivity index (χ3n) is 4.01. The molecule has 0 spiro atoms. The zero-order valence-electron chi connectivity index (χ0n) is 14.9. The Bertz CT molecular complexity index is 610. The Morgan fingerprint density at radius 2 is 2.24 bits per heavy atom. The number of nitrogens with zero attached hydrogens (tertiary/aromatic N) is 2. The minimum absolute atomic E-state index is 0. The molecule has 0 radical (unpaired) electrons. The second-order valence-corrected chi connectivity index (χ2v) is 5.84. The lowest BCUT2D eigenvalue weighted by atomic mass is 10.1. The fraction of sp³-hybridized carbons (Fsp3) is 0.529. The Labute approximate surface area is 165 Å². The van der Waals surface area contributed by atoms with Gasteiger partial charge in [0.05, 0.1) is 13.7 Å². The summed E-state index contributed by atoms with van der Waals surface area (Å²) >= 11 is 0. The molecule has 0 aliphatic carbocycles. The topological polar surface area (TPSA) is 86.2 Å². The predicted octanol–water partition coefficient (Wildman–Crippen LogP) is 1.69. The second-order valence-electron chi connectivity index (χ2n) is 5.84. The van der Waals surface area contributed by atoms with Gasteiger partial charge in [-0.2, -0.15) is 0 Å². The third-order valence-corrected chi connectivity index (χ3v) is 4.01. The van der Waals surface area contributed by atoms with Crippen LogP contribution in [-0.2, 0) is 11.3 Å². The number of rotatable bonds is 5. The molecule has 140 valence electrons. The van der Waals surface area contributed by atoms with Crippen LogP contribution in [0, 0.1) is 0 Å². The highest BCUT2D eigenvalue weighted by Crippen LogP contribution is 2.23. The third kappa shape index (κ3) is 6.26. The summed E-state index contributed by atoms with van der Waals surface area (Å²) in [5.41, 5.74) is 0.697. The van der Waals surface area contributed by atoms with Crippen LogP contribution in [-0.4, -0.2) is 55.2 Å². The lowest BCUT2D eigenvalue weighted by Crippen LogP contribution is -2.51. The molecule has 0 aromatic heterocycles. The van der Waals surface area contributed by atoms with Crippen molar-refractivity contribution in [2.45, 2.75) is 32.4 Å². The molecule has 1 unspecified atom stereocenters. The van der Waals surface area contributed by atoms with Gasteiger partial charge in [-0.3, -0.25) is 4.79 Å². The predicted molar refractivity (Wildman–Crippen MR) is 109 cm³/mol. The molecule has 3 N–H and O–H groups in total. The van der Waals surface area contributed by atoms with E-state index in [0.29, 0.717) is 36.8 Å². The summed E-state index contributed by atoms with van der Waals surface area (Å²) in [6.45, 7) is 3.72. The van der Waals surface area contributed by atoms with Crippen LogP contribution in [0.25, 0.3) is 0 Å². The van der Waals surface area contributed by atoms with Crippen molar-refractivity contribution >= 4 is 35.8 Å². The molecule has 1 aliphatic heterocycles. The van der Waals surface area contributed by atoms with Crippen LogP contribution in [0.15, 0.2) is 23.2 Å². The van der Waals surface area contributed by atoms with Gasteiger partial charge >= 0.3 is 0 Å². The van der Waals surface area contributed by atoms with Gasteiger partial charge < -0.3 is 25.4 Å². The van der Waals surface area contributed by atoms with Gasteiger partial charge in [0.25, 0.3) is 0 Å². The molecule has 1 saturated heterocycles. The number of likely N-dealkylation sites (N-methyl/N-ethyl adjacent to an activating group) is 1. The summed E-state index contributed by atoms with van der Waals surface area (Å²) in [5.74, 6) is 1.73. The minimum Gasteiger partial charge on any atom is -0.508 e. The van der Waals surface area contributed by atoms with Crippen LogP contribution in [0.1, 0.15) is 25.3 Å². The van der Waals surface area contributed by atoms with Crippen molar-refractivity contribution < 1.29 is 14.6 Å².